The van der Waals surface area contributed by atoms with Gasteiger partial charge in [-0.2, -0.15) is 10.5 Å². The van der Waals surface area contributed by atoms with Crippen molar-refractivity contribution in [2.75, 3.05) is 18.0 Å². The van der Waals surface area contributed by atoms with Crippen molar-refractivity contribution in [3.8, 4) is 12.1 Å². The molecule has 1 aliphatic heterocycles. The van der Waals surface area contributed by atoms with E-state index in [1.165, 1.54) is 0 Å². The van der Waals surface area contributed by atoms with Crippen LogP contribution in [0.1, 0.15) is 39.9 Å². The van der Waals surface area contributed by atoms with Gasteiger partial charge in [0.25, 0.3) is 0 Å². The van der Waals surface area contributed by atoms with Crippen LogP contribution in [0.25, 0.3) is 0 Å². The highest BCUT2D eigenvalue weighted by molar-refractivity contribution is 5.92. The van der Waals surface area contributed by atoms with Crippen LogP contribution >= 0.6 is 0 Å². The van der Waals surface area contributed by atoms with E-state index in [0.717, 1.165) is 25.9 Å². The van der Waals surface area contributed by atoms with Crippen LogP contribution in [0.15, 0.2) is 36.4 Å². The van der Waals surface area contributed by atoms with Gasteiger partial charge in [0.05, 0.1) is 28.1 Å². The van der Waals surface area contributed by atoms with Crippen LogP contribution in [-0.4, -0.2) is 30.2 Å². The van der Waals surface area contributed by atoms with Gasteiger partial charge in [-0.1, -0.05) is 12.1 Å². The number of benzene rings is 2. The normalized spacial score (nSPS) is 14.2. The monoisotopic (exact) mass is 360 g/mol. The predicted molar refractivity (Wildman–Crippen MR) is 102 cm³/mol. The number of aryl methyl sites for hydroxylation is 1. The van der Waals surface area contributed by atoms with Crippen molar-refractivity contribution in [2.45, 2.75) is 25.8 Å². The zero-order chi connectivity index (χ0) is 19.4. The smallest absolute Gasteiger partial charge is 0.336 e. The van der Waals surface area contributed by atoms with E-state index in [0.29, 0.717) is 28.1 Å². The van der Waals surface area contributed by atoms with Crippen molar-refractivity contribution in [1.29, 1.82) is 10.5 Å². The molecule has 0 saturated carbocycles. The fraction of sp³-hybridized carbons (Fsp3) is 0.286. The topological polar surface area (TPSA) is 100 Å². The number of nitrogens with zero attached hydrogens (tertiary/aromatic N) is 3. The summed E-state index contributed by atoms with van der Waals surface area (Å²) in [7, 11) is 0. The molecule has 1 fully saturated rings. The van der Waals surface area contributed by atoms with Gasteiger partial charge >= 0.3 is 5.97 Å². The van der Waals surface area contributed by atoms with Crippen LogP contribution in [0, 0.1) is 29.6 Å². The molecule has 2 N–H and O–H groups in total. The number of carboxylic acid groups (broad SMARTS) is 1. The summed E-state index contributed by atoms with van der Waals surface area (Å²) in [5, 5.41) is 32.1. The van der Waals surface area contributed by atoms with Gasteiger partial charge in [0.1, 0.15) is 12.1 Å². The second-order valence-corrected chi connectivity index (χ2v) is 6.58. The van der Waals surface area contributed by atoms with E-state index in [1.807, 2.05) is 17.0 Å². The van der Waals surface area contributed by atoms with Crippen LogP contribution in [0.3, 0.4) is 0 Å². The highest BCUT2D eigenvalue weighted by Crippen LogP contribution is 2.36. The van der Waals surface area contributed by atoms with Gasteiger partial charge in [0.2, 0.25) is 0 Å². The standard InChI is InChI=1S/C21H20N4O2/c1-14-10-16(13-23)20(11-18(14)21(26)27)25(17-6-8-24-9-7-17)19-5-3-2-4-15(19)12-22/h2-5,10-11,17,24H,6-9H2,1H3,(H,26,27). The molecule has 136 valence electrons. The second kappa shape index (κ2) is 7.90. The van der Waals surface area contributed by atoms with Gasteiger partial charge in [0, 0.05) is 6.04 Å². The maximum absolute atomic E-state index is 11.7. The summed E-state index contributed by atoms with van der Waals surface area (Å²) in [6.07, 6.45) is 1.67. The number of carboxylic acids is 1. The number of hydrogen-bond acceptors (Lipinski definition) is 5. The van der Waals surface area contributed by atoms with E-state index < -0.39 is 5.97 Å². The van der Waals surface area contributed by atoms with Gasteiger partial charge in [-0.25, -0.2) is 4.79 Å². The third-order valence-corrected chi connectivity index (χ3v) is 4.91. The Hall–Kier alpha value is -3.35. The van der Waals surface area contributed by atoms with Crippen LogP contribution in [0.2, 0.25) is 0 Å². The van der Waals surface area contributed by atoms with E-state index in [9.17, 15) is 20.4 Å². The molecule has 0 aliphatic carbocycles. The molecule has 0 radical (unpaired) electrons. The molecule has 3 rings (SSSR count). The molecule has 0 atom stereocenters. The zero-order valence-electron chi connectivity index (χ0n) is 15.1. The number of anilines is 2. The van der Waals surface area contributed by atoms with Gasteiger partial charge in [-0.05, 0) is 62.7 Å². The van der Waals surface area contributed by atoms with E-state index in [4.69, 9.17) is 0 Å². The molecule has 27 heavy (non-hydrogen) atoms. The molecular formula is C21H20N4O2. The summed E-state index contributed by atoms with van der Waals surface area (Å²) < 4.78 is 0. The van der Waals surface area contributed by atoms with Gasteiger partial charge in [-0.3, -0.25) is 0 Å². The highest BCUT2D eigenvalue weighted by Gasteiger charge is 2.27. The number of nitriles is 2. The molecule has 0 aromatic heterocycles. The predicted octanol–water partition coefficient (Wildman–Crippen LogP) is 3.33. The van der Waals surface area contributed by atoms with Crippen LogP contribution in [0.5, 0.6) is 0 Å². The molecule has 6 nitrogen and oxygen atoms in total. The summed E-state index contributed by atoms with van der Waals surface area (Å²) in [5.41, 5.74) is 2.85. The van der Waals surface area contributed by atoms with Crippen molar-refractivity contribution in [3.05, 3.63) is 58.7 Å². The second-order valence-electron chi connectivity index (χ2n) is 6.58. The quantitative estimate of drug-likeness (QED) is 0.867. The molecule has 0 amide bonds. The number of aromatic carboxylic acids is 1. The first-order chi connectivity index (χ1) is 13.1. The number of rotatable bonds is 4. The van der Waals surface area contributed by atoms with Crippen LogP contribution in [-0.2, 0) is 0 Å². The maximum atomic E-state index is 11.7. The van der Waals surface area contributed by atoms with Crippen molar-refractivity contribution < 1.29 is 9.90 Å². The van der Waals surface area contributed by atoms with Crippen molar-refractivity contribution in [2.24, 2.45) is 0 Å². The molecule has 2 aromatic rings. The highest BCUT2D eigenvalue weighted by atomic mass is 16.4. The molecule has 2 aromatic carbocycles. The van der Waals surface area contributed by atoms with E-state index in [-0.39, 0.29) is 11.6 Å². The van der Waals surface area contributed by atoms with E-state index in [2.05, 4.69) is 17.5 Å². The van der Waals surface area contributed by atoms with E-state index in [1.54, 1.807) is 31.2 Å². The first kappa shape index (κ1) is 18.4. The Bertz CT molecular complexity index is 950. The van der Waals surface area contributed by atoms with Crippen LogP contribution in [0.4, 0.5) is 11.4 Å². The molecule has 0 spiro atoms. The minimum absolute atomic E-state index is 0.0669. The number of carbonyl (C=O) groups is 1. The lowest BCUT2D eigenvalue weighted by atomic mass is 9.97. The number of para-hydroxylation sites is 1. The maximum Gasteiger partial charge on any atom is 0.336 e. The van der Waals surface area contributed by atoms with Gasteiger partial charge < -0.3 is 15.3 Å². The minimum Gasteiger partial charge on any atom is -0.478 e. The number of nitrogens with one attached hydrogen (secondary N) is 1. The molecular weight excluding hydrogens is 340 g/mol. The van der Waals surface area contributed by atoms with E-state index >= 15 is 0 Å². The largest absolute Gasteiger partial charge is 0.478 e. The third kappa shape index (κ3) is 3.62. The Morgan fingerprint density at radius 1 is 1.11 bits per heavy atom. The Labute approximate surface area is 158 Å². The summed E-state index contributed by atoms with van der Waals surface area (Å²) in [5.74, 6) is -1.03. The number of piperidine rings is 1. The fourth-order valence-electron chi connectivity index (χ4n) is 3.58. The summed E-state index contributed by atoms with van der Waals surface area (Å²) in [6, 6.07) is 14.9. The molecule has 1 saturated heterocycles. The lowest BCUT2D eigenvalue weighted by Gasteiger charge is -2.37. The Morgan fingerprint density at radius 2 is 1.78 bits per heavy atom. The number of hydrogen-bond donors (Lipinski definition) is 2. The Kier molecular flexibility index (Phi) is 5.40. The average molecular weight is 360 g/mol. The summed E-state index contributed by atoms with van der Waals surface area (Å²) >= 11 is 0. The summed E-state index contributed by atoms with van der Waals surface area (Å²) in [6.45, 7) is 3.34. The first-order valence-corrected chi connectivity index (χ1v) is 8.84. The molecule has 0 bridgehead atoms. The fourth-order valence-corrected chi connectivity index (χ4v) is 3.58. The van der Waals surface area contributed by atoms with Gasteiger partial charge in [-0.15, -0.1) is 0 Å². The molecule has 1 heterocycles. The average Bonchev–Trinajstić information content (AvgIpc) is 2.70. The lowest BCUT2D eigenvalue weighted by molar-refractivity contribution is 0.0696. The zero-order valence-corrected chi connectivity index (χ0v) is 15.1. The molecule has 1 aliphatic rings. The molecule has 6 heteroatoms. The minimum atomic E-state index is -1.03. The van der Waals surface area contributed by atoms with Crippen molar-refractivity contribution >= 4 is 17.3 Å². The van der Waals surface area contributed by atoms with Crippen LogP contribution < -0.4 is 10.2 Å². The van der Waals surface area contributed by atoms with Gasteiger partial charge in [0.15, 0.2) is 0 Å². The summed E-state index contributed by atoms with van der Waals surface area (Å²) in [4.78, 5) is 13.6. The van der Waals surface area contributed by atoms with Crippen molar-refractivity contribution in [1.82, 2.24) is 5.32 Å². The van der Waals surface area contributed by atoms with Crippen molar-refractivity contribution in [3.63, 3.8) is 0 Å². The first-order valence-electron chi connectivity index (χ1n) is 8.84. The lowest BCUT2D eigenvalue weighted by Crippen LogP contribution is -2.41. The Balaban J connectivity index is 2.25. The third-order valence-electron chi connectivity index (χ3n) is 4.91. The SMILES string of the molecule is Cc1cc(C#N)c(N(c2ccccc2C#N)C2CCNCC2)cc1C(=O)O. The molecule has 0 unspecified atom stereocenters. The Morgan fingerprint density at radius 3 is 2.41 bits per heavy atom.